The van der Waals surface area contributed by atoms with Crippen molar-refractivity contribution in [2.75, 3.05) is 13.2 Å². The van der Waals surface area contributed by atoms with Gasteiger partial charge in [0.15, 0.2) is 0 Å². The maximum Gasteiger partial charge on any atom is 0.315 e. The van der Waals surface area contributed by atoms with Gasteiger partial charge in [-0.1, -0.05) is 27.2 Å². The molecule has 4 heteroatoms. The van der Waals surface area contributed by atoms with Gasteiger partial charge in [0.1, 0.15) is 0 Å². The van der Waals surface area contributed by atoms with Crippen LogP contribution in [-0.4, -0.2) is 31.3 Å². The third kappa shape index (κ3) is 4.37. The first kappa shape index (κ1) is 15.6. The fourth-order valence-electron chi connectivity index (χ4n) is 3.60. The molecular formula is C16H30N2O2. The Balaban J connectivity index is 1.77. The van der Waals surface area contributed by atoms with E-state index in [1.54, 1.807) is 0 Å². The molecule has 1 saturated carbocycles. The Morgan fingerprint density at radius 2 is 2.10 bits per heavy atom. The molecule has 2 amide bonds. The summed E-state index contributed by atoms with van der Waals surface area (Å²) < 4.78 is 5.53. The van der Waals surface area contributed by atoms with E-state index in [1.165, 1.54) is 12.8 Å². The molecule has 4 nitrogen and oxygen atoms in total. The van der Waals surface area contributed by atoms with Gasteiger partial charge in [0.2, 0.25) is 0 Å². The molecule has 2 aliphatic rings. The highest BCUT2D eigenvalue weighted by atomic mass is 16.5. The summed E-state index contributed by atoms with van der Waals surface area (Å²) in [6.45, 7) is 8.29. The second-order valence-electron chi connectivity index (χ2n) is 6.92. The number of hydrogen-bond donors (Lipinski definition) is 2. The molecule has 116 valence electrons. The lowest BCUT2D eigenvalue weighted by Gasteiger charge is -2.37. The van der Waals surface area contributed by atoms with Crippen molar-refractivity contribution in [2.24, 2.45) is 17.8 Å². The van der Waals surface area contributed by atoms with Crippen LogP contribution in [0, 0.1) is 17.8 Å². The van der Waals surface area contributed by atoms with Crippen molar-refractivity contribution in [3.05, 3.63) is 0 Å². The van der Waals surface area contributed by atoms with Crippen LogP contribution in [0.25, 0.3) is 0 Å². The average molecular weight is 282 g/mol. The van der Waals surface area contributed by atoms with Crippen LogP contribution >= 0.6 is 0 Å². The number of ether oxygens (including phenoxy) is 1. The number of rotatable bonds is 4. The van der Waals surface area contributed by atoms with E-state index in [2.05, 4.69) is 31.4 Å². The summed E-state index contributed by atoms with van der Waals surface area (Å²) in [6, 6.07) is 0.300. The van der Waals surface area contributed by atoms with Gasteiger partial charge in [0, 0.05) is 19.2 Å². The third-order valence-corrected chi connectivity index (χ3v) is 4.85. The smallest absolute Gasteiger partial charge is 0.315 e. The Morgan fingerprint density at radius 1 is 1.30 bits per heavy atom. The van der Waals surface area contributed by atoms with Crippen molar-refractivity contribution in [2.45, 2.75) is 65.0 Å². The normalized spacial score (nSPS) is 34.2. The van der Waals surface area contributed by atoms with Gasteiger partial charge >= 0.3 is 6.03 Å². The van der Waals surface area contributed by atoms with E-state index in [0.717, 1.165) is 25.9 Å². The topological polar surface area (TPSA) is 50.4 Å². The SMILES string of the molecule is CC(C)[C@H]1CC[C@@H](C)C[C@@H]1NC(=O)NC[C@@H]1CCCO1. The van der Waals surface area contributed by atoms with Crippen molar-refractivity contribution in [3.63, 3.8) is 0 Å². The third-order valence-electron chi connectivity index (χ3n) is 4.85. The quantitative estimate of drug-likeness (QED) is 0.833. The lowest BCUT2D eigenvalue weighted by atomic mass is 9.74. The number of carbonyl (C=O) groups is 1. The average Bonchev–Trinajstić information content (AvgIpc) is 2.89. The largest absolute Gasteiger partial charge is 0.376 e. The number of urea groups is 1. The summed E-state index contributed by atoms with van der Waals surface area (Å²) >= 11 is 0. The molecule has 0 radical (unpaired) electrons. The van der Waals surface area contributed by atoms with Crippen molar-refractivity contribution < 1.29 is 9.53 Å². The lowest BCUT2D eigenvalue weighted by molar-refractivity contribution is 0.110. The van der Waals surface area contributed by atoms with Crippen LogP contribution < -0.4 is 10.6 Å². The summed E-state index contributed by atoms with van der Waals surface area (Å²) in [5, 5.41) is 6.17. The van der Waals surface area contributed by atoms with E-state index in [9.17, 15) is 4.79 Å². The van der Waals surface area contributed by atoms with Crippen molar-refractivity contribution >= 4 is 6.03 Å². The van der Waals surface area contributed by atoms with Gasteiger partial charge in [-0.15, -0.1) is 0 Å². The second kappa shape index (κ2) is 7.30. The van der Waals surface area contributed by atoms with Gasteiger partial charge < -0.3 is 15.4 Å². The van der Waals surface area contributed by atoms with Gasteiger partial charge in [-0.3, -0.25) is 0 Å². The molecule has 20 heavy (non-hydrogen) atoms. The van der Waals surface area contributed by atoms with E-state index in [-0.39, 0.29) is 12.1 Å². The molecule has 0 spiro atoms. The zero-order valence-electron chi connectivity index (χ0n) is 13.2. The minimum atomic E-state index is -0.0229. The van der Waals surface area contributed by atoms with E-state index in [4.69, 9.17) is 4.74 Å². The molecule has 1 saturated heterocycles. The lowest BCUT2D eigenvalue weighted by Crippen LogP contribution is -2.50. The molecule has 1 heterocycles. The first-order valence-corrected chi connectivity index (χ1v) is 8.22. The maximum atomic E-state index is 12.1. The first-order valence-electron chi connectivity index (χ1n) is 8.22. The van der Waals surface area contributed by atoms with Crippen LogP contribution in [-0.2, 0) is 4.74 Å². The van der Waals surface area contributed by atoms with Crippen molar-refractivity contribution in [1.29, 1.82) is 0 Å². The molecule has 2 fully saturated rings. The van der Waals surface area contributed by atoms with Crippen LogP contribution in [0.1, 0.15) is 52.9 Å². The van der Waals surface area contributed by atoms with Gasteiger partial charge in [0.05, 0.1) is 6.10 Å². The number of carbonyl (C=O) groups excluding carboxylic acids is 1. The van der Waals surface area contributed by atoms with Crippen molar-refractivity contribution in [1.82, 2.24) is 10.6 Å². The first-order chi connectivity index (χ1) is 9.56. The van der Waals surface area contributed by atoms with Gasteiger partial charge in [0.25, 0.3) is 0 Å². The molecule has 1 aliphatic heterocycles. The summed E-state index contributed by atoms with van der Waals surface area (Å²) in [5.74, 6) is 1.96. The highest BCUT2D eigenvalue weighted by Crippen LogP contribution is 2.33. The monoisotopic (exact) mass is 282 g/mol. The van der Waals surface area contributed by atoms with Crippen LogP contribution in [0.3, 0.4) is 0 Å². The van der Waals surface area contributed by atoms with Gasteiger partial charge in [-0.2, -0.15) is 0 Å². The standard InChI is InChI=1S/C16H30N2O2/c1-11(2)14-7-6-12(3)9-15(14)18-16(19)17-10-13-5-4-8-20-13/h11-15H,4-10H2,1-3H3,(H2,17,18,19)/t12-,13+,14-,15+/m1/s1. The number of hydrogen-bond acceptors (Lipinski definition) is 2. The van der Waals surface area contributed by atoms with Crippen LogP contribution in [0.2, 0.25) is 0 Å². The minimum absolute atomic E-state index is 0.0229. The number of nitrogens with one attached hydrogen (secondary N) is 2. The summed E-state index contributed by atoms with van der Waals surface area (Å²) in [7, 11) is 0. The Bertz CT molecular complexity index is 314. The molecular weight excluding hydrogens is 252 g/mol. The molecule has 0 bridgehead atoms. The Hall–Kier alpha value is -0.770. The van der Waals surface area contributed by atoms with E-state index in [1.807, 2.05) is 0 Å². The van der Waals surface area contributed by atoms with E-state index < -0.39 is 0 Å². The Labute approximate surface area is 123 Å². The fourth-order valence-corrected chi connectivity index (χ4v) is 3.60. The maximum absolute atomic E-state index is 12.1. The zero-order valence-corrected chi connectivity index (χ0v) is 13.2. The molecule has 2 N–H and O–H groups in total. The minimum Gasteiger partial charge on any atom is -0.376 e. The predicted octanol–water partition coefficient (Wildman–Crippen LogP) is 2.93. The molecule has 0 aromatic carbocycles. The number of amides is 2. The van der Waals surface area contributed by atoms with Crippen LogP contribution in [0.5, 0.6) is 0 Å². The zero-order chi connectivity index (χ0) is 14.5. The highest BCUT2D eigenvalue weighted by Gasteiger charge is 2.31. The van der Waals surface area contributed by atoms with Gasteiger partial charge in [-0.05, 0) is 43.4 Å². The fraction of sp³-hybridized carbons (Fsp3) is 0.938. The molecule has 4 atom stereocenters. The summed E-state index contributed by atoms with van der Waals surface area (Å²) in [6.07, 6.45) is 6.02. The highest BCUT2D eigenvalue weighted by molar-refractivity contribution is 5.74. The molecule has 1 aliphatic carbocycles. The van der Waals surface area contributed by atoms with Crippen molar-refractivity contribution in [3.8, 4) is 0 Å². The van der Waals surface area contributed by atoms with E-state index >= 15 is 0 Å². The molecule has 0 unspecified atom stereocenters. The molecule has 0 aromatic heterocycles. The Kier molecular flexibility index (Phi) is 5.70. The van der Waals surface area contributed by atoms with E-state index in [0.29, 0.717) is 30.3 Å². The van der Waals surface area contributed by atoms with Gasteiger partial charge in [-0.25, -0.2) is 4.79 Å². The summed E-state index contributed by atoms with van der Waals surface area (Å²) in [4.78, 5) is 12.1. The summed E-state index contributed by atoms with van der Waals surface area (Å²) in [5.41, 5.74) is 0. The Morgan fingerprint density at radius 3 is 2.75 bits per heavy atom. The molecule has 0 aromatic rings. The van der Waals surface area contributed by atoms with Crippen LogP contribution in [0.4, 0.5) is 4.79 Å². The molecule has 2 rings (SSSR count). The second-order valence-corrected chi connectivity index (χ2v) is 6.92. The predicted molar refractivity (Wildman–Crippen MR) is 80.6 cm³/mol. The van der Waals surface area contributed by atoms with Crippen LogP contribution in [0.15, 0.2) is 0 Å².